The molecule has 1 saturated heterocycles. The molecule has 1 fully saturated rings. The lowest BCUT2D eigenvalue weighted by Gasteiger charge is -2.27. The molecular weight excluding hydrogens is 166 g/mol. The van der Waals surface area contributed by atoms with Crippen LogP contribution in [0.2, 0.25) is 0 Å². The fourth-order valence-corrected chi connectivity index (χ4v) is 1.93. The highest BCUT2D eigenvalue weighted by Crippen LogP contribution is 2.37. The molecule has 0 bridgehead atoms. The predicted octanol–water partition coefficient (Wildman–Crippen LogP) is 1.87. The highest BCUT2D eigenvalue weighted by molar-refractivity contribution is 4.97. The third-order valence-electron chi connectivity index (χ3n) is 2.44. The Balaban J connectivity index is 2.54. The first-order valence-electron chi connectivity index (χ1n) is 4.95. The summed E-state index contributed by atoms with van der Waals surface area (Å²) in [6.45, 7) is 11.1. The Kier molecular flexibility index (Phi) is 3.00. The molecule has 0 radical (unpaired) electrons. The molecule has 3 heteroatoms. The van der Waals surface area contributed by atoms with Gasteiger partial charge < -0.3 is 9.57 Å². The van der Waals surface area contributed by atoms with Crippen molar-refractivity contribution in [3.8, 4) is 0 Å². The van der Waals surface area contributed by atoms with Gasteiger partial charge in [0.15, 0.2) is 0 Å². The summed E-state index contributed by atoms with van der Waals surface area (Å²) in [5.74, 6) is 0. The van der Waals surface area contributed by atoms with E-state index >= 15 is 0 Å². The van der Waals surface area contributed by atoms with Gasteiger partial charge in [0.05, 0.1) is 23.9 Å². The molecule has 0 amide bonds. The smallest absolute Gasteiger partial charge is 0.0809 e. The van der Waals surface area contributed by atoms with E-state index in [9.17, 15) is 0 Å². The molecule has 13 heavy (non-hydrogen) atoms. The Morgan fingerprint density at radius 2 is 2.00 bits per heavy atom. The van der Waals surface area contributed by atoms with Crippen LogP contribution in [0.15, 0.2) is 0 Å². The van der Waals surface area contributed by atoms with Gasteiger partial charge in [-0.25, -0.2) is 0 Å². The Morgan fingerprint density at radius 1 is 1.38 bits per heavy atom. The van der Waals surface area contributed by atoms with Crippen molar-refractivity contribution in [2.45, 2.75) is 58.3 Å². The molecule has 0 aromatic rings. The van der Waals surface area contributed by atoms with Gasteiger partial charge in [0.2, 0.25) is 0 Å². The average molecular weight is 187 g/mol. The van der Waals surface area contributed by atoms with Gasteiger partial charge in [0.1, 0.15) is 0 Å². The van der Waals surface area contributed by atoms with Crippen LogP contribution in [0, 0.1) is 0 Å². The zero-order valence-corrected chi connectivity index (χ0v) is 9.31. The number of rotatable bonds is 3. The van der Waals surface area contributed by atoms with E-state index in [0.717, 1.165) is 6.42 Å². The summed E-state index contributed by atoms with van der Waals surface area (Å²) < 4.78 is 5.90. The van der Waals surface area contributed by atoms with E-state index in [0.29, 0.717) is 6.61 Å². The van der Waals surface area contributed by atoms with Crippen LogP contribution in [-0.4, -0.2) is 23.9 Å². The van der Waals surface area contributed by atoms with Crippen LogP contribution < -0.4 is 5.48 Å². The minimum atomic E-state index is -0.140. The van der Waals surface area contributed by atoms with E-state index in [1.807, 2.05) is 6.92 Å². The normalized spacial score (nSPS) is 30.7. The summed E-state index contributed by atoms with van der Waals surface area (Å²) in [6.07, 6.45) is 0.986. The van der Waals surface area contributed by atoms with Gasteiger partial charge in [-0.3, -0.25) is 0 Å². The predicted molar refractivity (Wildman–Crippen MR) is 52.4 cm³/mol. The Bertz CT molecular complexity index is 178. The summed E-state index contributed by atoms with van der Waals surface area (Å²) in [5, 5.41) is 0. The molecule has 1 N–H and O–H groups in total. The third kappa shape index (κ3) is 2.66. The molecular formula is C10H21NO2. The lowest BCUT2D eigenvalue weighted by Crippen LogP contribution is -2.43. The first kappa shape index (κ1) is 11.0. The number of hydrogen-bond donors (Lipinski definition) is 1. The summed E-state index contributed by atoms with van der Waals surface area (Å²) in [4.78, 5) is 5.22. The van der Waals surface area contributed by atoms with Crippen LogP contribution >= 0.6 is 0 Å². The molecule has 1 aliphatic heterocycles. The fraction of sp³-hybridized carbons (Fsp3) is 1.00. The molecule has 1 rings (SSSR count). The molecule has 3 nitrogen and oxygen atoms in total. The molecule has 0 aromatic carbocycles. The maximum Gasteiger partial charge on any atom is 0.0809 e. The summed E-state index contributed by atoms with van der Waals surface area (Å²) >= 11 is 0. The third-order valence-corrected chi connectivity index (χ3v) is 2.44. The molecule has 1 atom stereocenters. The first-order chi connectivity index (χ1) is 5.87. The van der Waals surface area contributed by atoms with Gasteiger partial charge in [-0.1, -0.05) is 0 Å². The van der Waals surface area contributed by atoms with Gasteiger partial charge in [0, 0.05) is 0 Å². The van der Waals surface area contributed by atoms with E-state index in [1.165, 1.54) is 0 Å². The lowest BCUT2D eigenvalue weighted by atomic mass is 9.95. The van der Waals surface area contributed by atoms with Crippen molar-refractivity contribution >= 4 is 0 Å². The van der Waals surface area contributed by atoms with E-state index in [1.54, 1.807) is 0 Å². The minimum absolute atomic E-state index is 0.0434. The standard InChI is InChI=1S/C10H21NO2/c1-6-12-11-8-7-9(2,3)13-10(8,4)5/h8,11H,6-7H2,1-5H3. The van der Waals surface area contributed by atoms with Crippen molar-refractivity contribution in [2.75, 3.05) is 6.61 Å². The Morgan fingerprint density at radius 3 is 2.38 bits per heavy atom. The SMILES string of the molecule is CCONC1CC(C)(C)OC1(C)C. The van der Waals surface area contributed by atoms with Gasteiger partial charge in [-0.05, 0) is 41.0 Å². The maximum atomic E-state index is 5.90. The average Bonchev–Trinajstić information content (AvgIpc) is 2.14. The van der Waals surface area contributed by atoms with E-state index < -0.39 is 0 Å². The second-order valence-corrected chi connectivity index (χ2v) is 4.77. The summed E-state index contributed by atoms with van der Waals surface area (Å²) in [6, 6.07) is 0.280. The van der Waals surface area contributed by atoms with Gasteiger partial charge in [0.25, 0.3) is 0 Å². The molecule has 1 aliphatic rings. The largest absolute Gasteiger partial charge is 0.368 e. The van der Waals surface area contributed by atoms with Crippen molar-refractivity contribution in [3.63, 3.8) is 0 Å². The van der Waals surface area contributed by atoms with Crippen LogP contribution in [-0.2, 0) is 9.57 Å². The van der Waals surface area contributed by atoms with Gasteiger partial charge >= 0.3 is 0 Å². The minimum Gasteiger partial charge on any atom is -0.368 e. The number of hydrogen-bond acceptors (Lipinski definition) is 3. The topological polar surface area (TPSA) is 30.5 Å². The number of hydroxylamine groups is 1. The number of ether oxygens (including phenoxy) is 1. The van der Waals surface area contributed by atoms with E-state index in [-0.39, 0.29) is 17.2 Å². The molecule has 1 unspecified atom stereocenters. The fourth-order valence-electron chi connectivity index (χ4n) is 1.93. The summed E-state index contributed by atoms with van der Waals surface area (Å²) in [5.41, 5.74) is 2.87. The zero-order valence-electron chi connectivity index (χ0n) is 9.31. The van der Waals surface area contributed by atoms with Crippen LogP contribution in [0.1, 0.15) is 41.0 Å². The lowest BCUT2D eigenvalue weighted by molar-refractivity contribution is -0.0860. The Labute approximate surface area is 80.7 Å². The monoisotopic (exact) mass is 187 g/mol. The highest BCUT2D eigenvalue weighted by atomic mass is 16.6. The van der Waals surface area contributed by atoms with Crippen molar-refractivity contribution in [1.29, 1.82) is 0 Å². The zero-order chi connectivity index (χ0) is 10.1. The van der Waals surface area contributed by atoms with Crippen molar-refractivity contribution in [3.05, 3.63) is 0 Å². The maximum absolute atomic E-state index is 5.90. The van der Waals surface area contributed by atoms with Crippen molar-refractivity contribution < 1.29 is 9.57 Å². The Hall–Kier alpha value is -0.120. The number of nitrogens with one attached hydrogen (secondary N) is 1. The first-order valence-corrected chi connectivity index (χ1v) is 4.95. The van der Waals surface area contributed by atoms with E-state index in [2.05, 4.69) is 33.2 Å². The van der Waals surface area contributed by atoms with Gasteiger partial charge in [-0.2, -0.15) is 5.48 Å². The molecule has 0 saturated carbocycles. The van der Waals surface area contributed by atoms with Gasteiger partial charge in [-0.15, -0.1) is 0 Å². The summed E-state index contributed by atoms with van der Waals surface area (Å²) in [7, 11) is 0. The molecule has 0 spiro atoms. The quantitative estimate of drug-likeness (QED) is 0.684. The highest BCUT2D eigenvalue weighted by Gasteiger charge is 2.45. The molecule has 0 aliphatic carbocycles. The van der Waals surface area contributed by atoms with Crippen LogP contribution in [0.25, 0.3) is 0 Å². The van der Waals surface area contributed by atoms with Crippen molar-refractivity contribution in [2.24, 2.45) is 0 Å². The van der Waals surface area contributed by atoms with Crippen LogP contribution in [0.3, 0.4) is 0 Å². The van der Waals surface area contributed by atoms with Crippen molar-refractivity contribution in [1.82, 2.24) is 5.48 Å². The molecule has 78 valence electrons. The second kappa shape index (κ2) is 3.56. The molecule has 1 heterocycles. The van der Waals surface area contributed by atoms with Crippen LogP contribution in [0.4, 0.5) is 0 Å². The molecule has 0 aromatic heterocycles. The van der Waals surface area contributed by atoms with E-state index in [4.69, 9.17) is 9.57 Å². The van der Waals surface area contributed by atoms with Crippen LogP contribution in [0.5, 0.6) is 0 Å². The second-order valence-electron chi connectivity index (χ2n) is 4.77.